The molecule has 0 bridgehead atoms. The van der Waals surface area contributed by atoms with Crippen molar-refractivity contribution in [1.29, 1.82) is 0 Å². The first-order valence-corrected chi connectivity index (χ1v) is 6.01. The van der Waals surface area contributed by atoms with Crippen LogP contribution in [0.15, 0.2) is 6.20 Å². The van der Waals surface area contributed by atoms with Crippen LogP contribution in [0.3, 0.4) is 0 Å². The van der Waals surface area contributed by atoms with Crippen LogP contribution < -0.4 is 10.5 Å². The molecule has 0 aliphatic heterocycles. The standard InChI is InChI=1S/C13H18F2N2O2/c1-8-11(19-3)10(9(4-17-8)5-18-2)12(16)6-13(14,15)7-12/h4H,5-7,16H2,1-3H3. The molecule has 1 fully saturated rings. The minimum Gasteiger partial charge on any atom is -0.494 e. The van der Waals surface area contributed by atoms with Crippen LogP contribution in [0.4, 0.5) is 8.78 Å². The van der Waals surface area contributed by atoms with Gasteiger partial charge in [-0.3, -0.25) is 4.98 Å². The van der Waals surface area contributed by atoms with Gasteiger partial charge in [0, 0.05) is 37.3 Å². The molecule has 0 aromatic carbocycles. The summed E-state index contributed by atoms with van der Waals surface area (Å²) >= 11 is 0. The van der Waals surface area contributed by atoms with E-state index in [1.807, 2.05) is 0 Å². The Kier molecular flexibility index (Phi) is 3.49. The third-order valence-electron chi connectivity index (χ3n) is 3.44. The van der Waals surface area contributed by atoms with E-state index in [9.17, 15) is 8.78 Å². The average molecular weight is 272 g/mol. The molecule has 1 saturated carbocycles. The number of pyridine rings is 1. The van der Waals surface area contributed by atoms with Crippen LogP contribution in [-0.2, 0) is 16.9 Å². The van der Waals surface area contributed by atoms with Gasteiger partial charge in [0.05, 0.1) is 24.9 Å². The third-order valence-corrected chi connectivity index (χ3v) is 3.44. The van der Waals surface area contributed by atoms with Crippen LogP contribution in [0, 0.1) is 6.92 Å². The van der Waals surface area contributed by atoms with Gasteiger partial charge in [0.15, 0.2) is 0 Å². The highest BCUT2D eigenvalue weighted by molar-refractivity contribution is 5.48. The highest BCUT2D eigenvalue weighted by Crippen LogP contribution is 2.53. The number of aromatic nitrogens is 1. The lowest BCUT2D eigenvalue weighted by Crippen LogP contribution is -2.56. The van der Waals surface area contributed by atoms with Crippen LogP contribution >= 0.6 is 0 Å². The number of hydrogen-bond donors (Lipinski definition) is 1. The van der Waals surface area contributed by atoms with Crippen LogP contribution in [0.2, 0.25) is 0 Å². The highest BCUT2D eigenvalue weighted by Gasteiger charge is 2.57. The molecule has 0 unspecified atom stereocenters. The van der Waals surface area contributed by atoms with Gasteiger partial charge in [0.2, 0.25) is 0 Å². The molecule has 0 atom stereocenters. The Morgan fingerprint density at radius 1 is 1.37 bits per heavy atom. The Bertz CT molecular complexity index is 484. The molecule has 0 spiro atoms. The lowest BCUT2D eigenvalue weighted by atomic mass is 9.68. The van der Waals surface area contributed by atoms with E-state index < -0.39 is 11.5 Å². The van der Waals surface area contributed by atoms with Gasteiger partial charge in [-0.2, -0.15) is 0 Å². The zero-order chi connectivity index (χ0) is 14.3. The van der Waals surface area contributed by atoms with Gasteiger partial charge < -0.3 is 15.2 Å². The molecule has 0 saturated heterocycles. The first-order chi connectivity index (χ1) is 8.83. The summed E-state index contributed by atoms with van der Waals surface area (Å²) in [5, 5.41) is 0. The maximum Gasteiger partial charge on any atom is 0.252 e. The molecular formula is C13H18F2N2O2. The van der Waals surface area contributed by atoms with Gasteiger partial charge in [0.1, 0.15) is 5.75 Å². The molecule has 1 heterocycles. The number of ether oxygens (including phenoxy) is 2. The van der Waals surface area contributed by atoms with E-state index in [2.05, 4.69) is 4.98 Å². The summed E-state index contributed by atoms with van der Waals surface area (Å²) in [7, 11) is 3.03. The van der Waals surface area contributed by atoms with Gasteiger partial charge in [-0.25, -0.2) is 8.78 Å². The number of aryl methyl sites for hydroxylation is 1. The summed E-state index contributed by atoms with van der Waals surface area (Å²) in [6, 6.07) is 0. The fourth-order valence-electron chi connectivity index (χ4n) is 2.73. The molecule has 1 aliphatic carbocycles. The minimum atomic E-state index is -2.71. The Morgan fingerprint density at radius 3 is 2.47 bits per heavy atom. The van der Waals surface area contributed by atoms with Crippen LogP contribution in [-0.4, -0.2) is 25.1 Å². The van der Waals surface area contributed by atoms with Gasteiger partial charge in [0.25, 0.3) is 5.92 Å². The Hall–Kier alpha value is -1.27. The summed E-state index contributed by atoms with van der Waals surface area (Å²) in [5.74, 6) is -2.23. The van der Waals surface area contributed by atoms with Gasteiger partial charge in [-0.05, 0) is 6.92 Å². The van der Waals surface area contributed by atoms with E-state index in [4.69, 9.17) is 15.2 Å². The van der Waals surface area contributed by atoms with E-state index in [0.717, 1.165) is 0 Å². The first kappa shape index (κ1) is 14.1. The molecule has 4 nitrogen and oxygen atoms in total. The topological polar surface area (TPSA) is 57.4 Å². The van der Waals surface area contributed by atoms with Crippen molar-refractivity contribution in [2.75, 3.05) is 14.2 Å². The van der Waals surface area contributed by atoms with Crippen molar-refractivity contribution < 1.29 is 18.3 Å². The van der Waals surface area contributed by atoms with Crippen LogP contribution in [0.25, 0.3) is 0 Å². The van der Waals surface area contributed by atoms with Crippen LogP contribution in [0.5, 0.6) is 5.75 Å². The molecule has 1 aromatic rings. The fourth-order valence-corrected chi connectivity index (χ4v) is 2.73. The SMILES string of the molecule is COCc1cnc(C)c(OC)c1C1(N)CC(F)(F)C1. The highest BCUT2D eigenvalue weighted by atomic mass is 19.3. The number of nitrogens with zero attached hydrogens (tertiary/aromatic N) is 1. The molecule has 2 N–H and O–H groups in total. The number of rotatable bonds is 4. The molecule has 0 amide bonds. The second-order valence-electron chi connectivity index (χ2n) is 5.08. The number of methoxy groups -OCH3 is 2. The molecule has 19 heavy (non-hydrogen) atoms. The number of nitrogens with two attached hydrogens (primary N) is 1. The van der Waals surface area contributed by atoms with Crippen molar-refractivity contribution in [2.45, 2.75) is 37.8 Å². The van der Waals surface area contributed by atoms with E-state index in [-0.39, 0.29) is 19.4 Å². The Morgan fingerprint density at radius 2 is 2.00 bits per heavy atom. The number of hydrogen-bond acceptors (Lipinski definition) is 4. The average Bonchev–Trinajstić information content (AvgIpc) is 2.28. The maximum absolute atomic E-state index is 13.2. The van der Waals surface area contributed by atoms with Gasteiger partial charge in [-0.15, -0.1) is 0 Å². The fraction of sp³-hybridized carbons (Fsp3) is 0.615. The first-order valence-electron chi connectivity index (χ1n) is 6.01. The van der Waals surface area contributed by atoms with Crippen molar-refractivity contribution >= 4 is 0 Å². The predicted octanol–water partition coefficient (Wildman–Crippen LogP) is 2.13. The molecule has 0 radical (unpaired) electrons. The summed E-state index contributed by atoms with van der Waals surface area (Å²) in [6.07, 6.45) is 0.856. The predicted molar refractivity (Wildman–Crippen MR) is 66.3 cm³/mol. The van der Waals surface area contributed by atoms with Crippen LogP contribution in [0.1, 0.15) is 29.7 Å². The minimum absolute atomic E-state index is 0.267. The molecule has 106 valence electrons. The lowest BCUT2D eigenvalue weighted by molar-refractivity contribution is -0.125. The Labute approximate surface area is 110 Å². The van der Waals surface area contributed by atoms with Crippen molar-refractivity contribution in [3.05, 3.63) is 23.0 Å². The third kappa shape index (κ3) is 2.42. The molecule has 1 aliphatic rings. The second-order valence-corrected chi connectivity index (χ2v) is 5.08. The van der Waals surface area contributed by atoms with E-state index >= 15 is 0 Å². The normalized spacial score (nSPS) is 19.9. The zero-order valence-electron chi connectivity index (χ0n) is 11.3. The molecule has 1 aromatic heterocycles. The van der Waals surface area contributed by atoms with E-state index in [1.54, 1.807) is 13.1 Å². The monoisotopic (exact) mass is 272 g/mol. The number of halogens is 2. The van der Waals surface area contributed by atoms with E-state index in [0.29, 0.717) is 22.6 Å². The Balaban J connectivity index is 2.50. The van der Waals surface area contributed by atoms with Crippen molar-refractivity contribution in [3.63, 3.8) is 0 Å². The van der Waals surface area contributed by atoms with Gasteiger partial charge in [-0.1, -0.05) is 0 Å². The second kappa shape index (κ2) is 4.68. The summed E-state index contributed by atoms with van der Waals surface area (Å²) < 4.78 is 36.8. The summed E-state index contributed by atoms with van der Waals surface area (Å²) in [5.41, 5.74) is 6.99. The lowest BCUT2D eigenvalue weighted by Gasteiger charge is -2.46. The maximum atomic E-state index is 13.2. The molecule has 6 heteroatoms. The quantitative estimate of drug-likeness (QED) is 0.912. The summed E-state index contributed by atoms with van der Waals surface area (Å²) in [6.45, 7) is 2.03. The molecule has 2 rings (SSSR count). The zero-order valence-corrected chi connectivity index (χ0v) is 11.3. The van der Waals surface area contributed by atoms with Gasteiger partial charge >= 0.3 is 0 Å². The molecular weight excluding hydrogens is 254 g/mol. The van der Waals surface area contributed by atoms with Crippen molar-refractivity contribution in [2.24, 2.45) is 5.73 Å². The van der Waals surface area contributed by atoms with Crippen molar-refractivity contribution in [1.82, 2.24) is 4.98 Å². The largest absolute Gasteiger partial charge is 0.494 e. The summed E-state index contributed by atoms with van der Waals surface area (Å²) in [4.78, 5) is 4.19. The van der Waals surface area contributed by atoms with E-state index in [1.165, 1.54) is 14.2 Å². The van der Waals surface area contributed by atoms with Crippen molar-refractivity contribution in [3.8, 4) is 5.75 Å². The number of alkyl halides is 2. The smallest absolute Gasteiger partial charge is 0.252 e.